The molecule has 142 valence electrons. The van der Waals surface area contributed by atoms with Crippen molar-refractivity contribution in [1.82, 2.24) is 4.57 Å². The summed E-state index contributed by atoms with van der Waals surface area (Å²) < 4.78 is 8.09. The van der Waals surface area contributed by atoms with Crippen LogP contribution in [0.1, 0.15) is 36.0 Å². The lowest BCUT2D eigenvalue weighted by Gasteiger charge is -2.20. The summed E-state index contributed by atoms with van der Waals surface area (Å²) >= 11 is 4.81. The van der Waals surface area contributed by atoms with E-state index < -0.39 is 11.7 Å². The van der Waals surface area contributed by atoms with Crippen LogP contribution in [0.25, 0.3) is 21.1 Å². The summed E-state index contributed by atoms with van der Waals surface area (Å²) in [6.07, 6.45) is -0.449. The minimum Gasteiger partial charge on any atom is -0.443 e. The van der Waals surface area contributed by atoms with Gasteiger partial charge in [-0.05, 0) is 45.0 Å². The second kappa shape index (κ2) is 6.87. The smallest absolute Gasteiger partial charge is 0.420 e. The van der Waals surface area contributed by atoms with Gasteiger partial charge in [0.05, 0.1) is 10.4 Å². The maximum atomic E-state index is 12.9. The number of ether oxygens (including phenoxy) is 1. The molecule has 0 unspecified atom stereocenters. The van der Waals surface area contributed by atoms with Crippen molar-refractivity contribution < 1.29 is 14.3 Å². The lowest BCUT2D eigenvalue weighted by atomic mass is 10.1. The molecule has 4 nitrogen and oxygen atoms in total. The number of thiophene rings is 1. The molecule has 6 heteroatoms. The van der Waals surface area contributed by atoms with Crippen molar-refractivity contribution in [3.05, 3.63) is 69.5 Å². The number of hydrogen-bond donors (Lipinski definition) is 0. The maximum absolute atomic E-state index is 12.9. The Bertz CT molecular complexity index is 1220. The molecule has 0 atom stereocenters. The third-order valence-electron chi connectivity index (χ3n) is 4.24. The van der Waals surface area contributed by atoms with E-state index in [9.17, 15) is 9.59 Å². The van der Waals surface area contributed by atoms with E-state index in [4.69, 9.17) is 4.74 Å². The predicted octanol–water partition coefficient (Wildman–Crippen LogP) is 6.63. The number of ketones is 1. The monoisotopic (exact) mass is 455 g/mol. The van der Waals surface area contributed by atoms with Crippen LogP contribution in [0.5, 0.6) is 0 Å². The van der Waals surface area contributed by atoms with Gasteiger partial charge in [0.15, 0.2) is 0 Å². The first-order valence-electron chi connectivity index (χ1n) is 8.81. The summed E-state index contributed by atoms with van der Waals surface area (Å²) in [6, 6.07) is 16.8. The summed E-state index contributed by atoms with van der Waals surface area (Å²) in [6.45, 7) is 5.51. The predicted molar refractivity (Wildman–Crippen MR) is 117 cm³/mol. The van der Waals surface area contributed by atoms with Crippen LogP contribution in [0.3, 0.4) is 0 Å². The molecule has 0 saturated carbocycles. The van der Waals surface area contributed by atoms with E-state index in [1.807, 2.05) is 63.2 Å². The Balaban J connectivity index is 1.92. The lowest BCUT2D eigenvalue weighted by molar-refractivity contribution is 0.0552. The van der Waals surface area contributed by atoms with Crippen LogP contribution in [0.15, 0.2) is 59.1 Å². The number of carbonyl (C=O) groups excluding carboxylic acids is 2. The van der Waals surface area contributed by atoms with Gasteiger partial charge >= 0.3 is 6.09 Å². The molecule has 4 rings (SSSR count). The second-order valence-corrected chi connectivity index (χ2v) is 9.45. The Morgan fingerprint density at radius 1 is 1.00 bits per heavy atom. The molecule has 0 aliphatic rings. The van der Waals surface area contributed by atoms with Crippen molar-refractivity contribution in [3.63, 3.8) is 0 Å². The van der Waals surface area contributed by atoms with Crippen molar-refractivity contribution in [2.24, 2.45) is 0 Å². The van der Waals surface area contributed by atoms with Gasteiger partial charge in [0.1, 0.15) is 10.4 Å². The molecule has 28 heavy (non-hydrogen) atoms. The zero-order chi connectivity index (χ0) is 20.1. The number of nitrogens with zero attached hydrogens (tertiary/aromatic N) is 1. The molecule has 0 radical (unpaired) electrons. The minimum atomic E-state index is -0.616. The molecule has 0 aliphatic heterocycles. The number of hydrogen-bond acceptors (Lipinski definition) is 4. The summed E-state index contributed by atoms with van der Waals surface area (Å²) in [7, 11) is 0. The van der Waals surface area contributed by atoms with Crippen molar-refractivity contribution >= 4 is 60.3 Å². The van der Waals surface area contributed by atoms with E-state index in [1.54, 1.807) is 16.7 Å². The van der Waals surface area contributed by atoms with E-state index in [2.05, 4.69) is 15.9 Å². The highest BCUT2D eigenvalue weighted by Crippen LogP contribution is 2.37. The number of fused-ring (bicyclic) bond motifs is 3. The standard InChI is InChI=1S/C22H18BrNO3S/c1-22(2,3)27-21(26)24-17-10-9-14(23)11-15(17)16-12-18(28-20(16)24)19(25)13-7-5-4-6-8-13/h4-12H,1-3H3. The molecule has 0 spiro atoms. The van der Waals surface area contributed by atoms with E-state index in [0.29, 0.717) is 15.3 Å². The highest BCUT2D eigenvalue weighted by Gasteiger charge is 2.25. The largest absolute Gasteiger partial charge is 0.443 e. The van der Waals surface area contributed by atoms with Crippen molar-refractivity contribution in [2.75, 3.05) is 0 Å². The maximum Gasteiger partial charge on any atom is 0.420 e. The third-order valence-corrected chi connectivity index (χ3v) is 5.85. The van der Waals surface area contributed by atoms with Crippen LogP contribution in [0, 0.1) is 0 Å². The number of benzene rings is 2. The first-order chi connectivity index (χ1) is 13.2. The lowest BCUT2D eigenvalue weighted by Crippen LogP contribution is -2.26. The summed E-state index contributed by atoms with van der Waals surface area (Å²) in [5.74, 6) is -0.0549. The molecular formula is C22H18BrNO3S. The van der Waals surface area contributed by atoms with E-state index in [-0.39, 0.29) is 5.78 Å². The average molecular weight is 456 g/mol. The van der Waals surface area contributed by atoms with Crippen LogP contribution in [-0.2, 0) is 4.74 Å². The Labute approximate surface area is 174 Å². The molecule has 2 aromatic heterocycles. The van der Waals surface area contributed by atoms with Gasteiger partial charge in [0, 0.05) is 20.8 Å². The highest BCUT2D eigenvalue weighted by atomic mass is 79.9. The molecule has 0 bridgehead atoms. The first kappa shape index (κ1) is 18.9. The number of rotatable bonds is 2. The quantitative estimate of drug-likeness (QED) is 0.318. The zero-order valence-electron chi connectivity index (χ0n) is 15.7. The van der Waals surface area contributed by atoms with Gasteiger partial charge in [-0.1, -0.05) is 46.3 Å². The van der Waals surface area contributed by atoms with Gasteiger partial charge in [0.25, 0.3) is 0 Å². The fraction of sp³-hybridized carbons (Fsp3) is 0.182. The molecule has 0 amide bonds. The van der Waals surface area contributed by atoms with Gasteiger partial charge in [0.2, 0.25) is 5.78 Å². The number of halogens is 1. The summed E-state index contributed by atoms with van der Waals surface area (Å²) in [4.78, 5) is 27.1. The topological polar surface area (TPSA) is 48.3 Å². The molecule has 0 saturated heterocycles. The normalized spacial score (nSPS) is 11.9. The van der Waals surface area contributed by atoms with E-state index >= 15 is 0 Å². The molecular weight excluding hydrogens is 438 g/mol. The zero-order valence-corrected chi connectivity index (χ0v) is 18.1. The van der Waals surface area contributed by atoms with Crippen molar-refractivity contribution in [2.45, 2.75) is 26.4 Å². The average Bonchev–Trinajstić information content (AvgIpc) is 3.17. The summed E-state index contributed by atoms with van der Waals surface area (Å²) in [5, 5.41) is 1.77. The van der Waals surface area contributed by atoms with Gasteiger partial charge in [-0.2, -0.15) is 0 Å². The fourth-order valence-corrected chi connectivity index (χ4v) is 4.60. The van der Waals surface area contributed by atoms with Crippen LogP contribution in [-0.4, -0.2) is 22.0 Å². The number of carbonyl (C=O) groups is 2. The van der Waals surface area contributed by atoms with E-state index in [1.165, 1.54) is 11.3 Å². The van der Waals surface area contributed by atoms with Crippen LogP contribution in [0.2, 0.25) is 0 Å². The molecule has 0 aliphatic carbocycles. The molecule has 2 heterocycles. The Morgan fingerprint density at radius 2 is 1.71 bits per heavy atom. The van der Waals surface area contributed by atoms with Gasteiger partial charge < -0.3 is 4.74 Å². The third kappa shape index (κ3) is 3.38. The van der Waals surface area contributed by atoms with E-state index in [0.717, 1.165) is 20.8 Å². The molecule has 4 aromatic rings. The molecule has 0 fully saturated rings. The minimum absolute atomic E-state index is 0.0549. The Hall–Kier alpha value is -2.44. The summed E-state index contributed by atoms with van der Waals surface area (Å²) in [5.41, 5.74) is 0.771. The van der Waals surface area contributed by atoms with Gasteiger partial charge in [-0.15, -0.1) is 11.3 Å². The van der Waals surface area contributed by atoms with Crippen LogP contribution < -0.4 is 0 Å². The Morgan fingerprint density at radius 3 is 2.39 bits per heavy atom. The highest BCUT2D eigenvalue weighted by molar-refractivity contribution is 9.10. The first-order valence-corrected chi connectivity index (χ1v) is 10.4. The van der Waals surface area contributed by atoms with Crippen molar-refractivity contribution in [1.29, 1.82) is 0 Å². The second-order valence-electron chi connectivity index (χ2n) is 7.50. The van der Waals surface area contributed by atoms with Crippen LogP contribution in [0.4, 0.5) is 4.79 Å². The molecule has 0 N–H and O–H groups in total. The molecule has 2 aromatic carbocycles. The SMILES string of the molecule is CC(C)(C)OC(=O)n1c2ccc(Br)cc2c2cc(C(=O)c3ccccc3)sc21. The van der Waals surface area contributed by atoms with Gasteiger partial charge in [-0.25, -0.2) is 9.36 Å². The Kier molecular flexibility index (Phi) is 4.63. The fourth-order valence-electron chi connectivity index (χ4n) is 3.10. The van der Waals surface area contributed by atoms with Crippen molar-refractivity contribution in [3.8, 4) is 0 Å². The number of aromatic nitrogens is 1. The van der Waals surface area contributed by atoms with Crippen LogP contribution >= 0.6 is 27.3 Å². The van der Waals surface area contributed by atoms with Gasteiger partial charge in [-0.3, -0.25) is 4.79 Å².